The molecule has 118 valence electrons. The zero-order valence-electron chi connectivity index (χ0n) is 13.8. The zero-order chi connectivity index (χ0) is 15.9. The van der Waals surface area contributed by atoms with E-state index in [9.17, 15) is 4.79 Å². The van der Waals surface area contributed by atoms with E-state index in [2.05, 4.69) is 30.7 Å². The molecule has 1 aromatic carbocycles. The molecule has 1 atom stereocenters. The smallest absolute Gasteiger partial charge is 0.241 e. The van der Waals surface area contributed by atoms with Gasteiger partial charge in [0.1, 0.15) is 0 Å². The van der Waals surface area contributed by atoms with Crippen molar-refractivity contribution in [1.29, 1.82) is 0 Å². The molecular weight excluding hydrogens is 280 g/mol. The van der Waals surface area contributed by atoms with Gasteiger partial charge in [0.15, 0.2) is 0 Å². The minimum absolute atomic E-state index is 0.0149. The van der Waals surface area contributed by atoms with Crippen LogP contribution < -0.4 is 10.6 Å². The van der Waals surface area contributed by atoms with Gasteiger partial charge in [-0.05, 0) is 45.1 Å². The van der Waals surface area contributed by atoms with E-state index in [0.29, 0.717) is 0 Å². The van der Waals surface area contributed by atoms with Crippen molar-refractivity contribution in [3.05, 3.63) is 29.8 Å². The maximum Gasteiger partial charge on any atom is 0.241 e. The van der Waals surface area contributed by atoms with E-state index in [1.807, 2.05) is 49.9 Å². The molecule has 0 aromatic heterocycles. The average Bonchev–Trinajstić information content (AvgIpc) is 2.51. The Morgan fingerprint density at radius 2 is 1.81 bits per heavy atom. The summed E-state index contributed by atoms with van der Waals surface area (Å²) >= 11 is 1.88. The number of anilines is 1. The predicted molar refractivity (Wildman–Crippen MR) is 94.1 cm³/mol. The first-order valence-electron chi connectivity index (χ1n) is 7.62. The number of carbonyl (C=O) groups is 1. The highest BCUT2D eigenvalue weighted by atomic mass is 32.2. The van der Waals surface area contributed by atoms with Gasteiger partial charge in [0.2, 0.25) is 5.91 Å². The minimum Gasteiger partial charge on any atom is -0.325 e. The number of carbonyl (C=O) groups excluding carboxylic acids is 1. The van der Waals surface area contributed by atoms with Gasteiger partial charge in [0.25, 0.3) is 0 Å². The lowest BCUT2D eigenvalue weighted by atomic mass is 10.0. The van der Waals surface area contributed by atoms with Gasteiger partial charge in [-0.15, -0.1) is 0 Å². The molecule has 0 aliphatic heterocycles. The van der Waals surface area contributed by atoms with Gasteiger partial charge in [-0.3, -0.25) is 4.79 Å². The van der Waals surface area contributed by atoms with E-state index in [1.54, 1.807) is 0 Å². The number of rotatable bonds is 8. The fourth-order valence-corrected chi connectivity index (χ4v) is 2.99. The molecule has 0 bridgehead atoms. The Morgan fingerprint density at radius 1 is 1.24 bits per heavy atom. The second-order valence-electron chi connectivity index (χ2n) is 5.55. The molecule has 0 radical (unpaired) electrons. The molecule has 21 heavy (non-hydrogen) atoms. The van der Waals surface area contributed by atoms with Crippen LogP contribution in [-0.4, -0.2) is 29.5 Å². The van der Waals surface area contributed by atoms with Crippen molar-refractivity contribution in [2.24, 2.45) is 0 Å². The van der Waals surface area contributed by atoms with Crippen LogP contribution in [0.3, 0.4) is 0 Å². The Morgan fingerprint density at radius 3 is 2.29 bits per heavy atom. The van der Waals surface area contributed by atoms with Crippen LogP contribution in [0.5, 0.6) is 0 Å². The first-order valence-corrected chi connectivity index (χ1v) is 8.85. The van der Waals surface area contributed by atoms with Crippen LogP contribution in [0.25, 0.3) is 0 Å². The normalized spacial score (nSPS) is 13.0. The summed E-state index contributed by atoms with van der Waals surface area (Å²) in [6.45, 7) is 9.22. The lowest BCUT2D eigenvalue weighted by Crippen LogP contribution is -2.45. The van der Waals surface area contributed by atoms with Gasteiger partial charge in [0.05, 0.1) is 6.04 Å². The first-order chi connectivity index (χ1) is 9.96. The van der Waals surface area contributed by atoms with Crippen molar-refractivity contribution in [1.82, 2.24) is 5.32 Å². The number of aryl methyl sites for hydroxylation is 1. The molecule has 1 unspecified atom stereocenters. The van der Waals surface area contributed by atoms with Crippen LogP contribution in [0.4, 0.5) is 5.69 Å². The summed E-state index contributed by atoms with van der Waals surface area (Å²) in [7, 11) is 0. The van der Waals surface area contributed by atoms with E-state index in [4.69, 9.17) is 0 Å². The number of amides is 1. The van der Waals surface area contributed by atoms with Crippen molar-refractivity contribution in [3.8, 4) is 0 Å². The molecule has 4 heteroatoms. The molecule has 2 N–H and O–H groups in total. The van der Waals surface area contributed by atoms with Crippen molar-refractivity contribution in [3.63, 3.8) is 0 Å². The maximum atomic E-state index is 12.2. The number of hydrogen-bond acceptors (Lipinski definition) is 3. The van der Waals surface area contributed by atoms with E-state index >= 15 is 0 Å². The summed E-state index contributed by atoms with van der Waals surface area (Å²) in [5.74, 6) is 0.0149. The molecule has 0 spiro atoms. The second-order valence-corrected chi connectivity index (χ2v) is 6.83. The monoisotopic (exact) mass is 308 g/mol. The first kappa shape index (κ1) is 18.1. The molecule has 0 heterocycles. The number of hydrogen-bond donors (Lipinski definition) is 2. The highest BCUT2D eigenvalue weighted by Crippen LogP contribution is 2.29. The SMILES string of the molecule is CCC(CC)(CNC(C)C(=O)Nc1ccc(C)cc1)SC. The third kappa shape index (κ3) is 5.36. The summed E-state index contributed by atoms with van der Waals surface area (Å²) in [5.41, 5.74) is 2.04. The van der Waals surface area contributed by atoms with Crippen molar-refractivity contribution >= 4 is 23.4 Å². The molecule has 0 fully saturated rings. The third-order valence-corrected chi connectivity index (χ3v) is 5.75. The van der Waals surface area contributed by atoms with E-state index in [1.165, 1.54) is 5.56 Å². The van der Waals surface area contributed by atoms with Crippen LogP contribution in [-0.2, 0) is 4.79 Å². The van der Waals surface area contributed by atoms with Gasteiger partial charge in [0, 0.05) is 17.0 Å². The van der Waals surface area contributed by atoms with Crippen molar-refractivity contribution in [2.45, 2.75) is 51.3 Å². The third-order valence-electron chi connectivity index (χ3n) is 4.16. The summed E-state index contributed by atoms with van der Waals surface area (Å²) in [5, 5.41) is 6.33. The minimum atomic E-state index is -0.198. The van der Waals surface area contributed by atoms with Gasteiger partial charge in [-0.2, -0.15) is 11.8 Å². The lowest BCUT2D eigenvalue weighted by Gasteiger charge is -2.31. The summed E-state index contributed by atoms with van der Waals surface area (Å²) in [6.07, 6.45) is 4.35. The Balaban J connectivity index is 2.53. The summed E-state index contributed by atoms with van der Waals surface area (Å²) in [4.78, 5) is 12.2. The second kappa shape index (κ2) is 8.44. The number of thioether (sulfide) groups is 1. The molecule has 1 rings (SSSR count). The number of nitrogens with one attached hydrogen (secondary N) is 2. The molecule has 0 saturated heterocycles. The summed E-state index contributed by atoms with van der Waals surface area (Å²) < 4.78 is 0.221. The Bertz CT molecular complexity index is 432. The van der Waals surface area contributed by atoms with E-state index in [0.717, 1.165) is 25.1 Å². The topological polar surface area (TPSA) is 41.1 Å². The van der Waals surface area contributed by atoms with Gasteiger partial charge in [-0.25, -0.2) is 0 Å². The van der Waals surface area contributed by atoms with E-state index in [-0.39, 0.29) is 16.7 Å². The fourth-order valence-electron chi connectivity index (χ4n) is 2.18. The molecule has 1 aromatic rings. The number of benzene rings is 1. The fraction of sp³-hybridized carbons (Fsp3) is 0.588. The highest BCUT2D eigenvalue weighted by Gasteiger charge is 2.26. The Labute approximate surface area is 133 Å². The molecule has 3 nitrogen and oxygen atoms in total. The molecule has 0 saturated carbocycles. The predicted octanol–water partition coefficient (Wildman–Crippen LogP) is 3.83. The van der Waals surface area contributed by atoms with Crippen LogP contribution in [0.2, 0.25) is 0 Å². The van der Waals surface area contributed by atoms with E-state index < -0.39 is 0 Å². The molecular formula is C17H28N2OS. The van der Waals surface area contributed by atoms with Gasteiger partial charge in [-0.1, -0.05) is 31.5 Å². The molecule has 1 amide bonds. The molecule has 0 aliphatic rings. The van der Waals surface area contributed by atoms with Crippen LogP contribution in [0.1, 0.15) is 39.2 Å². The Kier molecular flexibility index (Phi) is 7.26. The van der Waals surface area contributed by atoms with Gasteiger partial charge >= 0.3 is 0 Å². The lowest BCUT2D eigenvalue weighted by molar-refractivity contribution is -0.117. The summed E-state index contributed by atoms with van der Waals surface area (Å²) in [6, 6.07) is 7.67. The van der Waals surface area contributed by atoms with Crippen LogP contribution >= 0.6 is 11.8 Å². The van der Waals surface area contributed by atoms with Crippen LogP contribution in [0.15, 0.2) is 24.3 Å². The van der Waals surface area contributed by atoms with Crippen LogP contribution in [0, 0.1) is 6.92 Å². The quantitative estimate of drug-likeness (QED) is 0.767. The van der Waals surface area contributed by atoms with Crippen molar-refractivity contribution in [2.75, 3.05) is 18.1 Å². The maximum absolute atomic E-state index is 12.2. The average molecular weight is 308 g/mol. The highest BCUT2D eigenvalue weighted by molar-refractivity contribution is 8.00. The van der Waals surface area contributed by atoms with Crippen molar-refractivity contribution < 1.29 is 4.79 Å². The zero-order valence-corrected chi connectivity index (χ0v) is 14.6. The molecule has 0 aliphatic carbocycles. The largest absolute Gasteiger partial charge is 0.325 e. The van der Waals surface area contributed by atoms with Gasteiger partial charge < -0.3 is 10.6 Å². The standard InChI is InChI=1S/C17H28N2OS/c1-6-17(7-2,21-5)12-18-14(4)16(20)19-15-10-8-13(3)9-11-15/h8-11,14,18H,6-7,12H2,1-5H3,(H,19,20). The Hall–Kier alpha value is -1.00.